The number of methoxy groups -OCH3 is 2. The maximum atomic E-state index is 10.4. The zero-order valence-corrected chi connectivity index (χ0v) is 43.8. The molecule has 0 saturated heterocycles. The SMILES string of the molecule is C.C1=CC2C=CC1C2.COc1ccc(I)cc1.COc1ccc2ccc3ccccc3c2c1.O=C(O)C1=C(Br)CCC=C1.O=CO[O-].[Cs+].[Cs+].[H-]. The number of carbonyl (C=O) groups excluding carboxylic acids is 1. The van der Waals surface area contributed by atoms with Crippen molar-refractivity contribution in [1.29, 1.82) is 0 Å². The summed E-state index contributed by atoms with van der Waals surface area (Å²) in [6.45, 7) is -0.181. The summed E-state index contributed by atoms with van der Waals surface area (Å²) >= 11 is 5.46. The Balaban J connectivity index is 0. The molecular weight excluding hydrogens is 1040 g/mol. The Bertz CT molecular complexity index is 1700. The van der Waals surface area contributed by atoms with Gasteiger partial charge in [0.2, 0.25) is 0 Å². The van der Waals surface area contributed by atoms with Crippen molar-refractivity contribution < 1.29 is 174 Å². The molecule has 0 spiro atoms. The van der Waals surface area contributed by atoms with Crippen molar-refractivity contribution in [3.63, 3.8) is 0 Å². The molecule has 4 aromatic rings. The van der Waals surface area contributed by atoms with Crippen LogP contribution in [0.15, 0.2) is 125 Å². The molecule has 4 aromatic carbocycles. The quantitative estimate of drug-likeness (QED) is 0.0837. The number of hydrogen-bond donors (Lipinski definition) is 1. The summed E-state index contributed by atoms with van der Waals surface area (Å²) in [7, 11) is 3.37. The van der Waals surface area contributed by atoms with Crippen LogP contribution in [-0.4, -0.2) is 31.8 Å². The summed E-state index contributed by atoms with van der Waals surface area (Å²) in [6, 6.07) is 26.8. The number of carbonyl (C=O) groups is 2. The third-order valence-corrected chi connectivity index (χ3v) is 8.68. The minimum absolute atomic E-state index is 0. The van der Waals surface area contributed by atoms with E-state index in [1.807, 2.05) is 36.4 Å². The molecular formula is C38H40BrCs2IO7. The molecule has 0 aromatic heterocycles. The Morgan fingerprint density at radius 1 is 0.878 bits per heavy atom. The summed E-state index contributed by atoms with van der Waals surface area (Å²) in [5.74, 6) is 2.58. The maximum Gasteiger partial charge on any atom is 1.00 e. The van der Waals surface area contributed by atoms with Crippen molar-refractivity contribution in [1.82, 2.24) is 0 Å². The third kappa shape index (κ3) is 17.2. The molecule has 0 aliphatic heterocycles. The Morgan fingerprint density at radius 3 is 1.84 bits per heavy atom. The monoisotopic (exact) mass is 1080 g/mol. The summed E-state index contributed by atoms with van der Waals surface area (Å²) in [4.78, 5) is 21.7. The first kappa shape index (κ1) is 49.2. The van der Waals surface area contributed by atoms with Crippen molar-refractivity contribution in [2.24, 2.45) is 11.8 Å². The Hall–Kier alpha value is 0.174. The molecule has 0 saturated carbocycles. The maximum absolute atomic E-state index is 10.4. The zero-order chi connectivity index (χ0) is 33.3. The van der Waals surface area contributed by atoms with E-state index in [0.717, 1.165) is 40.7 Å². The Kier molecular flexibility index (Phi) is 27.8. The average Bonchev–Trinajstić information content (AvgIpc) is 3.76. The van der Waals surface area contributed by atoms with Crippen LogP contribution >= 0.6 is 38.5 Å². The molecule has 250 valence electrons. The van der Waals surface area contributed by atoms with Gasteiger partial charge in [0.15, 0.2) is 0 Å². The number of ether oxygens (including phenoxy) is 2. The van der Waals surface area contributed by atoms with Crippen molar-refractivity contribution in [2.75, 3.05) is 14.2 Å². The molecule has 3 aliphatic rings. The molecule has 0 radical (unpaired) electrons. The van der Waals surface area contributed by atoms with E-state index >= 15 is 0 Å². The summed E-state index contributed by atoms with van der Waals surface area (Å²) < 4.78 is 12.3. The van der Waals surface area contributed by atoms with E-state index < -0.39 is 5.97 Å². The van der Waals surface area contributed by atoms with Crippen LogP contribution in [0.4, 0.5) is 0 Å². The molecule has 11 heteroatoms. The fourth-order valence-electron chi connectivity index (χ4n) is 4.83. The second-order valence-corrected chi connectivity index (χ2v) is 12.3. The van der Waals surface area contributed by atoms with Gasteiger partial charge in [-0.3, -0.25) is 4.79 Å². The van der Waals surface area contributed by atoms with Crippen LogP contribution in [0.3, 0.4) is 0 Å². The van der Waals surface area contributed by atoms with Gasteiger partial charge in [-0.1, -0.05) is 102 Å². The molecule has 49 heavy (non-hydrogen) atoms. The van der Waals surface area contributed by atoms with Crippen LogP contribution in [0, 0.1) is 15.4 Å². The molecule has 0 amide bonds. The van der Waals surface area contributed by atoms with E-state index in [-0.39, 0.29) is 153 Å². The van der Waals surface area contributed by atoms with Gasteiger partial charge >= 0.3 is 144 Å². The fourth-order valence-corrected chi connectivity index (χ4v) is 5.72. The smallest absolute Gasteiger partial charge is 1.00 e. The molecule has 0 heterocycles. The minimum atomic E-state index is -0.858. The second-order valence-electron chi connectivity index (χ2n) is 10.1. The van der Waals surface area contributed by atoms with Crippen LogP contribution in [0.5, 0.6) is 11.5 Å². The van der Waals surface area contributed by atoms with Gasteiger partial charge in [0.05, 0.1) is 19.8 Å². The van der Waals surface area contributed by atoms with Crippen LogP contribution in [0.25, 0.3) is 21.5 Å². The van der Waals surface area contributed by atoms with Gasteiger partial charge in [-0.25, -0.2) is 4.79 Å². The normalized spacial score (nSPS) is 15.4. The predicted molar refractivity (Wildman–Crippen MR) is 201 cm³/mol. The number of carboxylic acid groups (broad SMARTS) is 1. The number of benzene rings is 4. The average molecular weight is 1080 g/mol. The van der Waals surface area contributed by atoms with Crippen LogP contribution in [0.1, 0.15) is 28.1 Å². The standard InChI is InChI=1S/C15H12O.C7H7BrO2.C7H7IO.C7H8.CH2O3.CH4.2Cs.H/c1-16-13-9-8-12-7-6-11-4-2-3-5-14(11)15(12)10-13;8-6-4-2-1-3-5(6)7(9)10;1-9-7-4-2-6(8)3-5-7;1-2-7-4-3-6(1)5-7;2-1-4-3;;;;/h2-10H,1H3;1,3H,2,4H2,(H,9,10);2-5H,1H3;1-4,6-7H,5H2;1,3H;1H4;;;/q;;;;;;2*+1;-1/p-1. The number of halogens is 2. The molecule has 2 bridgehead atoms. The summed E-state index contributed by atoms with van der Waals surface area (Å²) in [5.41, 5.74) is 0.381. The number of carboxylic acids is 1. The molecule has 1 N–H and O–H groups in total. The zero-order valence-electron chi connectivity index (χ0n) is 28.5. The van der Waals surface area contributed by atoms with Crippen molar-refractivity contribution in [2.45, 2.75) is 26.7 Å². The number of rotatable bonds is 4. The van der Waals surface area contributed by atoms with Gasteiger partial charge in [0, 0.05) is 8.05 Å². The largest absolute Gasteiger partial charge is 1.00 e. The van der Waals surface area contributed by atoms with Crippen molar-refractivity contribution in [3.8, 4) is 11.5 Å². The van der Waals surface area contributed by atoms with Gasteiger partial charge in [-0.15, -0.1) is 0 Å². The van der Waals surface area contributed by atoms with E-state index in [4.69, 9.17) is 24.6 Å². The van der Waals surface area contributed by atoms with E-state index in [9.17, 15) is 4.79 Å². The molecule has 3 aliphatic carbocycles. The fraction of sp³-hybridized carbons (Fsp3) is 0.211. The molecule has 0 fully saturated rings. The van der Waals surface area contributed by atoms with Gasteiger partial charge in [-0.05, 0) is 112 Å². The topological polar surface area (TPSA) is 105 Å². The molecule has 0 unspecified atom stereocenters. The molecule has 7 rings (SSSR count). The Morgan fingerprint density at radius 2 is 1.39 bits per heavy atom. The van der Waals surface area contributed by atoms with Gasteiger partial charge < -0.3 is 26.2 Å². The first-order valence-electron chi connectivity index (χ1n) is 14.4. The number of hydrogen-bond acceptors (Lipinski definition) is 6. The summed E-state index contributed by atoms with van der Waals surface area (Å²) in [6.07, 6.45) is 15.8. The van der Waals surface area contributed by atoms with Crippen LogP contribution in [0.2, 0.25) is 0 Å². The third-order valence-electron chi connectivity index (χ3n) is 7.14. The van der Waals surface area contributed by atoms with Crippen molar-refractivity contribution in [3.05, 3.63) is 129 Å². The molecule has 7 nitrogen and oxygen atoms in total. The number of aliphatic carboxylic acids is 1. The van der Waals surface area contributed by atoms with E-state index in [0.29, 0.717) is 5.57 Å². The second kappa shape index (κ2) is 27.7. The van der Waals surface area contributed by atoms with Crippen LogP contribution in [-0.2, 0) is 14.5 Å². The van der Waals surface area contributed by atoms with Gasteiger partial charge in [-0.2, -0.15) is 0 Å². The van der Waals surface area contributed by atoms with E-state index in [1.54, 1.807) is 20.3 Å². The van der Waals surface area contributed by atoms with Crippen molar-refractivity contribution >= 4 is 72.5 Å². The van der Waals surface area contributed by atoms with Crippen LogP contribution < -0.4 is 153 Å². The Labute approximate surface area is 430 Å². The minimum Gasteiger partial charge on any atom is -1.00 e. The van der Waals surface area contributed by atoms with Gasteiger partial charge in [0.1, 0.15) is 11.5 Å². The number of fused-ring (bicyclic) bond motifs is 5. The first-order chi connectivity index (χ1) is 22.3. The number of allylic oxidation sites excluding steroid dienone is 6. The molecule has 0 atom stereocenters. The summed E-state index contributed by atoms with van der Waals surface area (Å²) in [5, 5.41) is 22.0. The van der Waals surface area contributed by atoms with E-state index in [1.165, 1.54) is 31.5 Å². The van der Waals surface area contributed by atoms with Gasteiger partial charge in [0.25, 0.3) is 6.47 Å². The predicted octanol–water partition coefficient (Wildman–Crippen LogP) is 3.31. The van der Waals surface area contributed by atoms with E-state index in [2.05, 4.69) is 116 Å². The first-order valence-corrected chi connectivity index (χ1v) is 16.3.